The summed E-state index contributed by atoms with van der Waals surface area (Å²) in [7, 11) is -0.624. The number of esters is 1. The number of carbonyl (C=O) groups excluding carboxylic acids is 1. The van der Waals surface area contributed by atoms with Gasteiger partial charge in [-0.05, 0) is 74.4 Å². The molecule has 0 amide bonds. The zero-order valence-corrected chi connectivity index (χ0v) is 25.1. The molecule has 1 unspecified atom stereocenters. The number of allylic oxidation sites excluding steroid dienone is 2. The standard InChI is InChI=1S/C30H45F3O5Si/c1-29(2,3)39(5,6)38-27-19-16-22(12-9-7-8-10-15-28(35)36-4)26(27)18-17-24(34)21-37-25-14-11-13-23(20-25)30(31,32)33/h7,9,11,13-14,17-18,20,22,24,26-27,34H,8,10,12,15-16,19,21H2,1-6H3/b9-7-,18-17+/t22-,24+,26+,27?/m0/s1. The van der Waals surface area contributed by atoms with Crippen LogP contribution in [0.2, 0.25) is 18.1 Å². The Kier molecular flexibility index (Phi) is 12.3. The van der Waals surface area contributed by atoms with Crippen LogP contribution in [0.25, 0.3) is 0 Å². The molecule has 9 heteroatoms. The summed E-state index contributed by atoms with van der Waals surface area (Å²) in [5, 5.41) is 10.6. The number of benzene rings is 1. The number of methoxy groups -OCH3 is 1. The number of ether oxygens (including phenoxy) is 2. The molecule has 1 fully saturated rings. The smallest absolute Gasteiger partial charge is 0.416 e. The van der Waals surface area contributed by atoms with E-state index in [0.717, 1.165) is 44.2 Å². The van der Waals surface area contributed by atoms with Gasteiger partial charge in [-0.25, -0.2) is 0 Å². The van der Waals surface area contributed by atoms with Gasteiger partial charge in [-0.3, -0.25) is 4.79 Å². The van der Waals surface area contributed by atoms with Crippen LogP contribution in [0.15, 0.2) is 48.6 Å². The maximum atomic E-state index is 13.0. The van der Waals surface area contributed by atoms with Crippen molar-refractivity contribution in [2.24, 2.45) is 11.8 Å². The third-order valence-electron chi connectivity index (χ3n) is 7.77. The van der Waals surface area contributed by atoms with Crippen LogP contribution in [0.4, 0.5) is 13.2 Å². The van der Waals surface area contributed by atoms with Crippen molar-refractivity contribution in [3.8, 4) is 5.75 Å². The van der Waals surface area contributed by atoms with E-state index in [4.69, 9.17) is 9.16 Å². The van der Waals surface area contributed by atoms with Crippen LogP contribution in [0.1, 0.15) is 64.9 Å². The second-order valence-electron chi connectivity index (χ2n) is 11.8. The van der Waals surface area contributed by atoms with Crippen molar-refractivity contribution in [3.63, 3.8) is 0 Å². The van der Waals surface area contributed by atoms with Crippen molar-refractivity contribution in [1.82, 2.24) is 0 Å². The molecule has 1 aromatic carbocycles. The van der Waals surface area contributed by atoms with E-state index >= 15 is 0 Å². The van der Waals surface area contributed by atoms with Crippen LogP contribution in [-0.4, -0.2) is 45.3 Å². The van der Waals surface area contributed by atoms with Gasteiger partial charge in [0.2, 0.25) is 0 Å². The van der Waals surface area contributed by atoms with Gasteiger partial charge in [-0.15, -0.1) is 0 Å². The van der Waals surface area contributed by atoms with Gasteiger partial charge in [0.1, 0.15) is 18.5 Å². The molecule has 2 rings (SSSR count). The lowest BCUT2D eigenvalue weighted by molar-refractivity contribution is -0.140. The largest absolute Gasteiger partial charge is 0.491 e. The predicted octanol–water partition coefficient (Wildman–Crippen LogP) is 7.71. The second kappa shape index (κ2) is 14.5. The third-order valence-corrected chi connectivity index (χ3v) is 12.3. The summed E-state index contributed by atoms with van der Waals surface area (Å²) in [5.74, 6) is 0.296. The van der Waals surface area contributed by atoms with E-state index in [1.807, 2.05) is 6.08 Å². The van der Waals surface area contributed by atoms with Crippen LogP contribution >= 0.6 is 0 Å². The first-order valence-corrected chi connectivity index (χ1v) is 16.6. The zero-order chi connectivity index (χ0) is 29.3. The van der Waals surface area contributed by atoms with E-state index in [-0.39, 0.29) is 35.4 Å². The summed E-state index contributed by atoms with van der Waals surface area (Å²) in [6.07, 6.45) is 7.29. The summed E-state index contributed by atoms with van der Waals surface area (Å²) >= 11 is 0. The molecule has 1 aliphatic rings. The van der Waals surface area contributed by atoms with Crippen molar-refractivity contribution in [3.05, 3.63) is 54.1 Å². The number of unbranched alkanes of at least 4 members (excludes halogenated alkanes) is 1. The molecule has 0 saturated heterocycles. The normalized spacial score (nSPS) is 21.5. The zero-order valence-electron chi connectivity index (χ0n) is 24.1. The fraction of sp³-hybridized carbons (Fsp3) is 0.633. The number of hydrogen-bond acceptors (Lipinski definition) is 5. The molecular formula is C30H45F3O5Si. The fourth-order valence-corrected chi connectivity index (χ4v) is 5.81. The van der Waals surface area contributed by atoms with Gasteiger partial charge in [0, 0.05) is 12.3 Å². The Balaban J connectivity index is 2.05. The van der Waals surface area contributed by atoms with Crippen LogP contribution < -0.4 is 4.74 Å². The number of carbonyl (C=O) groups is 1. The lowest BCUT2D eigenvalue weighted by atomic mass is 9.91. The monoisotopic (exact) mass is 570 g/mol. The molecule has 0 heterocycles. The topological polar surface area (TPSA) is 65.0 Å². The fourth-order valence-electron chi connectivity index (χ4n) is 4.43. The highest BCUT2D eigenvalue weighted by Crippen LogP contribution is 2.44. The summed E-state index contributed by atoms with van der Waals surface area (Å²) in [6.45, 7) is 11.0. The van der Waals surface area contributed by atoms with Crippen LogP contribution in [0.3, 0.4) is 0 Å². The summed E-state index contributed by atoms with van der Waals surface area (Å²) in [5.41, 5.74) is -0.789. The van der Waals surface area contributed by atoms with Gasteiger partial charge in [0.25, 0.3) is 0 Å². The maximum Gasteiger partial charge on any atom is 0.416 e. The number of aliphatic hydroxyl groups excluding tert-OH is 1. The van der Waals surface area contributed by atoms with Gasteiger partial charge in [-0.1, -0.05) is 51.1 Å². The molecule has 0 aliphatic heterocycles. The van der Waals surface area contributed by atoms with Crippen LogP contribution in [0.5, 0.6) is 5.75 Å². The minimum absolute atomic E-state index is 0.0384. The molecule has 0 bridgehead atoms. The summed E-state index contributed by atoms with van der Waals surface area (Å²) in [4.78, 5) is 11.3. The number of rotatable bonds is 13. The average molecular weight is 571 g/mol. The molecule has 1 aromatic rings. The predicted molar refractivity (Wildman–Crippen MR) is 150 cm³/mol. The molecule has 1 aliphatic carbocycles. The molecule has 220 valence electrons. The van der Waals surface area contributed by atoms with Gasteiger partial charge in [0.05, 0.1) is 18.8 Å². The minimum atomic E-state index is -4.45. The number of hydrogen-bond donors (Lipinski definition) is 1. The highest BCUT2D eigenvalue weighted by atomic mass is 28.4. The molecule has 39 heavy (non-hydrogen) atoms. The molecule has 0 aromatic heterocycles. The van der Waals surface area contributed by atoms with E-state index in [9.17, 15) is 23.1 Å². The average Bonchev–Trinajstić information content (AvgIpc) is 3.22. The molecule has 0 radical (unpaired) electrons. The Morgan fingerprint density at radius 2 is 1.90 bits per heavy atom. The Morgan fingerprint density at radius 1 is 1.18 bits per heavy atom. The van der Waals surface area contributed by atoms with Crippen molar-refractivity contribution in [2.45, 2.75) is 95.8 Å². The maximum absolute atomic E-state index is 13.0. The van der Waals surface area contributed by atoms with Crippen LogP contribution in [-0.2, 0) is 20.1 Å². The number of halogens is 3. The molecule has 5 nitrogen and oxygen atoms in total. The quantitative estimate of drug-likeness (QED) is 0.114. The molecular weight excluding hydrogens is 525 g/mol. The van der Waals surface area contributed by atoms with Crippen molar-refractivity contribution in [1.29, 1.82) is 0 Å². The molecule has 1 N–H and O–H groups in total. The summed E-state index contributed by atoms with van der Waals surface area (Å²) < 4.78 is 55.8. The molecule has 1 saturated carbocycles. The Hall–Kier alpha value is -2.10. The van der Waals surface area contributed by atoms with E-state index in [0.29, 0.717) is 12.3 Å². The summed E-state index contributed by atoms with van der Waals surface area (Å²) in [6, 6.07) is 4.65. The van der Waals surface area contributed by atoms with E-state index < -0.39 is 26.2 Å². The second-order valence-corrected chi connectivity index (χ2v) is 16.6. The minimum Gasteiger partial charge on any atom is -0.491 e. The highest BCUT2D eigenvalue weighted by Gasteiger charge is 2.43. The lowest BCUT2D eigenvalue weighted by Crippen LogP contribution is -2.45. The van der Waals surface area contributed by atoms with E-state index in [2.05, 4.69) is 50.8 Å². The van der Waals surface area contributed by atoms with Gasteiger partial charge >= 0.3 is 12.1 Å². The first kappa shape index (κ1) is 33.1. The highest BCUT2D eigenvalue weighted by molar-refractivity contribution is 6.74. The SMILES string of the molecule is COC(=O)CCC/C=C\C[C@H]1CCC(O[Si](C)(C)C(C)(C)C)[C@@H]1/C=C/[C@@H](O)COc1cccc(C(F)(F)F)c1. The Labute approximate surface area is 232 Å². The van der Waals surface area contributed by atoms with E-state index in [1.54, 1.807) is 6.08 Å². The van der Waals surface area contributed by atoms with Gasteiger partial charge in [-0.2, -0.15) is 13.2 Å². The Morgan fingerprint density at radius 3 is 2.54 bits per heavy atom. The molecule has 4 atom stereocenters. The lowest BCUT2D eigenvalue weighted by Gasteiger charge is -2.40. The Bertz CT molecular complexity index is 968. The number of alkyl halides is 3. The van der Waals surface area contributed by atoms with Crippen LogP contribution in [0, 0.1) is 11.8 Å². The van der Waals surface area contributed by atoms with E-state index in [1.165, 1.54) is 19.2 Å². The third kappa shape index (κ3) is 10.8. The van der Waals surface area contributed by atoms with Crippen molar-refractivity contribution < 1.29 is 37.0 Å². The first-order valence-electron chi connectivity index (χ1n) is 13.7. The van der Waals surface area contributed by atoms with Gasteiger partial charge in [0.15, 0.2) is 8.32 Å². The number of aliphatic hydroxyl groups is 1. The molecule has 0 spiro atoms. The first-order chi connectivity index (χ1) is 18.1. The van der Waals surface area contributed by atoms with Crippen molar-refractivity contribution in [2.75, 3.05) is 13.7 Å². The van der Waals surface area contributed by atoms with Crippen molar-refractivity contribution >= 4 is 14.3 Å². The van der Waals surface area contributed by atoms with Gasteiger partial charge < -0.3 is 19.0 Å².